The number of hydrogen-bond donors (Lipinski definition) is 0. The van der Waals surface area contributed by atoms with Gasteiger partial charge in [0, 0.05) is 6.42 Å². The Bertz CT molecular complexity index is 541. The van der Waals surface area contributed by atoms with E-state index in [0.29, 0.717) is 6.61 Å². The first-order chi connectivity index (χ1) is 10.2. The maximum Gasteiger partial charge on any atom is 0.319 e. The minimum Gasteiger partial charge on any atom is -0.497 e. The highest BCUT2D eigenvalue weighted by atomic mass is 16.5. The molecule has 0 N–H and O–H groups in total. The Morgan fingerprint density at radius 2 is 2.19 bits per heavy atom. The fourth-order valence-corrected chi connectivity index (χ4v) is 2.24. The molecule has 5 nitrogen and oxygen atoms in total. The standard InChI is InChI=1S/C16H18O5/c1-19-12-5-3-4-11(10-12)6-7-14-15(16(18)20-2)13(17)8-9-21-14/h3-7,10,14-15H,8-9H2,1-2H3/b7-6+/t14-,15+/m1/s1. The van der Waals surface area contributed by atoms with Gasteiger partial charge in [-0.2, -0.15) is 0 Å². The molecular formula is C16H18O5. The second kappa shape index (κ2) is 7.04. The summed E-state index contributed by atoms with van der Waals surface area (Å²) in [7, 11) is 2.87. The van der Waals surface area contributed by atoms with Gasteiger partial charge in [-0.15, -0.1) is 0 Å². The van der Waals surface area contributed by atoms with E-state index in [2.05, 4.69) is 4.74 Å². The lowest BCUT2D eigenvalue weighted by atomic mass is 9.92. The minimum atomic E-state index is -0.884. The Kier molecular flexibility index (Phi) is 5.11. The fourth-order valence-electron chi connectivity index (χ4n) is 2.24. The van der Waals surface area contributed by atoms with Gasteiger partial charge in [-0.05, 0) is 17.7 Å². The molecule has 112 valence electrons. The van der Waals surface area contributed by atoms with E-state index in [1.807, 2.05) is 30.3 Å². The summed E-state index contributed by atoms with van der Waals surface area (Å²) < 4.78 is 15.4. The molecule has 0 bridgehead atoms. The number of rotatable bonds is 4. The highest BCUT2D eigenvalue weighted by Gasteiger charge is 2.37. The summed E-state index contributed by atoms with van der Waals surface area (Å²) in [5.74, 6) is -0.846. The van der Waals surface area contributed by atoms with Crippen molar-refractivity contribution in [1.82, 2.24) is 0 Å². The van der Waals surface area contributed by atoms with Gasteiger partial charge in [0.2, 0.25) is 0 Å². The average molecular weight is 290 g/mol. The largest absolute Gasteiger partial charge is 0.497 e. The number of hydrogen-bond acceptors (Lipinski definition) is 5. The smallest absolute Gasteiger partial charge is 0.319 e. The number of ketones is 1. The van der Waals surface area contributed by atoms with Crippen LogP contribution >= 0.6 is 0 Å². The van der Waals surface area contributed by atoms with Gasteiger partial charge in [-0.25, -0.2) is 0 Å². The van der Waals surface area contributed by atoms with Crippen molar-refractivity contribution in [2.75, 3.05) is 20.8 Å². The summed E-state index contributed by atoms with van der Waals surface area (Å²) in [5, 5.41) is 0. The Labute approximate surface area is 123 Å². The lowest BCUT2D eigenvalue weighted by Gasteiger charge is -2.26. The van der Waals surface area contributed by atoms with Crippen LogP contribution in [-0.2, 0) is 19.1 Å². The van der Waals surface area contributed by atoms with Gasteiger partial charge in [0.15, 0.2) is 5.78 Å². The van der Waals surface area contributed by atoms with E-state index >= 15 is 0 Å². The molecule has 2 rings (SSSR count). The van der Waals surface area contributed by atoms with Crippen LogP contribution in [0.1, 0.15) is 12.0 Å². The molecule has 0 spiro atoms. The molecule has 0 aliphatic carbocycles. The zero-order chi connectivity index (χ0) is 15.2. The Hall–Kier alpha value is -2.14. The molecule has 2 atom stereocenters. The summed E-state index contributed by atoms with van der Waals surface area (Å²) in [5.41, 5.74) is 0.902. The monoisotopic (exact) mass is 290 g/mol. The van der Waals surface area contributed by atoms with Crippen LogP contribution in [0.3, 0.4) is 0 Å². The normalized spacial score (nSPS) is 22.3. The molecule has 21 heavy (non-hydrogen) atoms. The lowest BCUT2D eigenvalue weighted by molar-refractivity contribution is -0.158. The van der Waals surface area contributed by atoms with E-state index in [0.717, 1.165) is 11.3 Å². The number of esters is 1. The Morgan fingerprint density at radius 3 is 2.90 bits per heavy atom. The van der Waals surface area contributed by atoms with Gasteiger partial charge >= 0.3 is 5.97 Å². The van der Waals surface area contributed by atoms with Crippen molar-refractivity contribution in [3.63, 3.8) is 0 Å². The van der Waals surface area contributed by atoms with E-state index in [-0.39, 0.29) is 12.2 Å². The number of Topliss-reactive ketones (excluding diaryl/α,β-unsaturated/α-hetero) is 1. The zero-order valence-corrected chi connectivity index (χ0v) is 12.1. The molecule has 0 amide bonds. The number of methoxy groups -OCH3 is 2. The average Bonchev–Trinajstić information content (AvgIpc) is 2.52. The molecule has 5 heteroatoms. The summed E-state index contributed by atoms with van der Waals surface area (Å²) >= 11 is 0. The zero-order valence-electron chi connectivity index (χ0n) is 12.1. The minimum absolute atomic E-state index is 0.145. The molecule has 1 aromatic rings. The molecule has 0 radical (unpaired) electrons. The first-order valence-corrected chi connectivity index (χ1v) is 6.70. The van der Waals surface area contributed by atoms with E-state index in [4.69, 9.17) is 9.47 Å². The third kappa shape index (κ3) is 3.70. The Morgan fingerprint density at radius 1 is 1.38 bits per heavy atom. The molecule has 0 unspecified atom stereocenters. The fraction of sp³-hybridized carbons (Fsp3) is 0.375. The summed E-state index contributed by atoms with van der Waals surface area (Å²) in [4.78, 5) is 23.6. The van der Waals surface area contributed by atoms with Crippen molar-refractivity contribution >= 4 is 17.8 Å². The van der Waals surface area contributed by atoms with Gasteiger partial charge in [0.25, 0.3) is 0 Å². The quantitative estimate of drug-likeness (QED) is 0.625. The van der Waals surface area contributed by atoms with E-state index in [1.165, 1.54) is 7.11 Å². The van der Waals surface area contributed by atoms with Crippen LogP contribution in [0.4, 0.5) is 0 Å². The maximum absolute atomic E-state index is 11.9. The van der Waals surface area contributed by atoms with Crippen molar-refractivity contribution in [1.29, 1.82) is 0 Å². The van der Waals surface area contributed by atoms with Crippen molar-refractivity contribution in [3.05, 3.63) is 35.9 Å². The summed E-state index contributed by atoms with van der Waals surface area (Å²) in [6, 6.07) is 7.46. The molecule has 0 aromatic heterocycles. The number of carbonyl (C=O) groups is 2. The van der Waals surface area contributed by atoms with Crippen LogP contribution in [-0.4, -0.2) is 38.7 Å². The highest BCUT2D eigenvalue weighted by molar-refractivity contribution is 6.00. The van der Waals surface area contributed by atoms with Crippen molar-refractivity contribution in [2.45, 2.75) is 12.5 Å². The molecule has 1 heterocycles. The maximum atomic E-state index is 11.9. The molecule has 1 fully saturated rings. The summed E-state index contributed by atoms with van der Waals surface area (Å²) in [6.45, 7) is 0.319. The molecule has 1 aromatic carbocycles. The molecule has 1 aliphatic heterocycles. The van der Waals surface area contributed by atoms with Crippen LogP contribution in [0.5, 0.6) is 5.75 Å². The first kappa shape index (κ1) is 15.3. The van der Waals surface area contributed by atoms with Crippen LogP contribution in [0, 0.1) is 5.92 Å². The van der Waals surface area contributed by atoms with Gasteiger partial charge < -0.3 is 14.2 Å². The second-order valence-electron chi connectivity index (χ2n) is 4.69. The molecule has 1 aliphatic rings. The van der Waals surface area contributed by atoms with Crippen molar-refractivity contribution in [2.24, 2.45) is 5.92 Å². The molecule has 0 saturated carbocycles. The van der Waals surface area contributed by atoms with Crippen LogP contribution in [0.15, 0.2) is 30.3 Å². The van der Waals surface area contributed by atoms with Gasteiger partial charge in [0.05, 0.1) is 26.9 Å². The van der Waals surface area contributed by atoms with Crippen LogP contribution in [0.2, 0.25) is 0 Å². The SMILES string of the molecule is COC(=O)[C@H]1C(=O)CCO[C@@H]1/C=C/c1cccc(OC)c1. The number of benzene rings is 1. The van der Waals surface area contributed by atoms with Gasteiger partial charge in [-0.1, -0.05) is 24.3 Å². The second-order valence-corrected chi connectivity index (χ2v) is 4.69. The van der Waals surface area contributed by atoms with Crippen LogP contribution < -0.4 is 4.74 Å². The predicted molar refractivity (Wildman–Crippen MR) is 76.9 cm³/mol. The molecular weight excluding hydrogens is 272 g/mol. The van der Waals surface area contributed by atoms with E-state index < -0.39 is 18.0 Å². The van der Waals surface area contributed by atoms with E-state index in [9.17, 15) is 9.59 Å². The third-order valence-electron chi connectivity index (χ3n) is 3.36. The number of ether oxygens (including phenoxy) is 3. The first-order valence-electron chi connectivity index (χ1n) is 6.70. The van der Waals surface area contributed by atoms with Crippen LogP contribution in [0.25, 0.3) is 6.08 Å². The molecule has 1 saturated heterocycles. The topological polar surface area (TPSA) is 61.8 Å². The van der Waals surface area contributed by atoms with Crippen molar-refractivity contribution in [3.8, 4) is 5.75 Å². The van der Waals surface area contributed by atoms with Gasteiger partial charge in [-0.3, -0.25) is 9.59 Å². The number of carbonyl (C=O) groups excluding carboxylic acids is 2. The third-order valence-corrected chi connectivity index (χ3v) is 3.36. The highest BCUT2D eigenvalue weighted by Crippen LogP contribution is 2.22. The lowest BCUT2D eigenvalue weighted by Crippen LogP contribution is -2.41. The van der Waals surface area contributed by atoms with Gasteiger partial charge in [0.1, 0.15) is 11.7 Å². The Balaban J connectivity index is 2.16. The summed E-state index contributed by atoms with van der Waals surface area (Å²) in [6.07, 6.45) is 3.17. The van der Waals surface area contributed by atoms with E-state index in [1.54, 1.807) is 13.2 Å². The predicted octanol–water partition coefficient (Wildman–Crippen LogP) is 1.86. The van der Waals surface area contributed by atoms with Crippen molar-refractivity contribution < 1.29 is 23.8 Å².